The number of aliphatic carboxylic acids is 1. The Bertz CT molecular complexity index is 262. The summed E-state index contributed by atoms with van der Waals surface area (Å²) < 4.78 is 4.07. The number of carbonyl (C=O) groups is 3. The SMILES string of the molecule is O=C(O)/C=C1/CC(=O)OC1=O. The third-order valence-electron chi connectivity index (χ3n) is 1.10. The molecule has 0 aromatic heterocycles. The zero-order chi connectivity index (χ0) is 8.43. The third kappa shape index (κ3) is 1.64. The molecule has 1 rings (SSSR count). The molecular formula is C6H4O5. The Morgan fingerprint density at radius 3 is 2.55 bits per heavy atom. The van der Waals surface area contributed by atoms with Gasteiger partial charge in [0.2, 0.25) is 0 Å². The van der Waals surface area contributed by atoms with Crippen molar-refractivity contribution in [2.45, 2.75) is 6.42 Å². The van der Waals surface area contributed by atoms with Gasteiger partial charge in [0.05, 0.1) is 12.0 Å². The molecule has 0 spiro atoms. The summed E-state index contributed by atoms with van der Waals surface area (Å²) in [5.41, 5.74) is -0.109. The average Bonchev–Trinajstić information content (AvgIpc) is 2.09. The highest BCUT2D eigenvalue weighted by atomic mass is 16.6. The first kappa shape index (κ1) is 7.46. The van der Waals surface area contributed by atoms with Crippen LogP contribution in [0.25, 0.3) is 0 Å². The van der Waals surface area contributed by atoms with E-state index in [0.717, 1.165) is 0 Å². The van der Waals surface area contributed by atoms with Gasteiger partial charge in [-0.2, -0.15) is 0 Å². The van der Waals surface area contributed by atoms with Gasteiger partial charge in [0, 0.05) is 6.08 Å². The van der Waals surface area contributed by atoms with Gasteiger partial charge in [-0.3, -0.25) is 4.79 Å². The number of hydrogen-bond donors (Lipinski definition) is 1. The van der Waals surface area contributed by atoms with E-state index >= 15 is 0 Å². The van der Waals surface area contributed by atoms with Crippen LogP contribution in [0.15, 0.2) is 11.6 Å². The highest BCUT2D eigenvalue weighted by Gasteiger charge is 2.27. The number of carboxylic acid groups (broad SMARTS) is 1. The predicted octanol–water partition coefficient (Wildman–Crippen LogP) is -0.529. The summed E-state index contributed by atoms with van der Waals surface area (Å²) in [6.45, 7) is 0. The van der Waals surface area contributed by atoms with Crippen molar-refractivity contribution < 1.29 is 24.2 Å². The maximum atomic E-state index is 10.5. The Labute approximate surface area is 61.3 Å². The van der Waals surface area contributed by atoms with Crippen molar-refractivity contribution in [3.63, 3.8) is 0 Å². The van der Waals surface area contributed by atoms with Crippen LogP contribution < -0.4 is 0 Å². The van der Waals surface area contributed by atoms with E-state index in [2.05, 4.69) is 4.74 Å². The van der Waals surface area contributed by atoms with Crippen molar-refractivity contribution in [3.8, 4) is 0 Å². The van der Waals surface area contributed by atoms with E-state index in [0.29, 0.717) is 6.08 Å². The van der Waals surface area contributed by atoms with Gasteiger partial charge < -0.3 is 9.84 Å². The maximum Gasteiger partial charge on any atom is 0.342 e. The molecular weight excluding hydrogens is 152 g/mol. The Morgan fingerprint density at radius 2 is 2.18 bits per heavy atom. The number of rotatable bonds is 1. The number of carboxylic acids is 1. The average molecular weight is 156 g/mol. The molecule has 1 aliphatic rings. The van der Waals surface area contributed by atoms with Gasteiger partial charge in [-0.25, -0.2) is 9.59 Å². The van der Waals surface area contributed by atoms with Crippen molar-refractivity contribution in [1.29, 1.82) is 0 Å². The number of cyclic esters (lactones) is 2. The quantitative estimate of drug-likeness (QED) is 0.313. The largest absolute Gasteiger partial charge is 0.478 e. The number of esters is 2. The van der Waals surface area contributed by atoms with Crippen molar-refractivity contribution in [1.82, 2.24) is 0 Å². The zero-order valence-electron chi connectivity index (χ0n) is 5.36. The van der Waals surface area contributed by atoms with Crippen molar-refractivity contribution in [2.24, 2.45) is 0 Å². The van der Waals surface area contributed by atoms with Gasteiger partial charge >= 0.3 is 17.9 Å². The van der Waals surface area contributed by atoms with Crippen LogP contribution in [-0.2, 0) is 19.1 Å². The van der Waals surface area contributed by atoms with E-state index in [9.17, 15) is 14.4 Å². The van der Waals surface area contributed by atoms with Gasteiger partial charge in [-0.05, 0) is 0 Å². The van der Waals surface area contributed by atoms with Gasteiger partial charge in [-0.15, -0.1) is 0 Å². The molecule has 5 nitrogen and oxygen atoms in total. The number of ether oxygens (including phenoxy) is 1. The first-order valence-electron chi connectivity index (χ1n) is 2.78. The fourth-order valence-electron chi connectivity index (χ4n) is 0.692. The van der Waals surface area contributed by atoms with Crippen molar-refractivity contribution in [3.05, 3.63) is 11.6 Å². The van der Waals surface area contributed by atoms with Crippen LogP contribution in [0.5, 0.6) is 0 Å². The molecule has 0 aromatic carbocycles. The van der Waals surface area contributed by atoms with Gasteiger partial charge in [0.25, 0.3) is 0 Å². The lowest BCUT2D eigenvalue weighted by Crippen LogP contribution is -1.99. The van der Waals surface area contributed by atoms with Crippen LogP contribution in [-0.4, -0.2) is 23.0 Å². The Hall–Kier alpha value is -1.65. The normalized spacial score (nSPS) is 20.5. The molecule has 11 heavy (non-hydrogen) atoms. The van der Waals surface area contributed by atoms with Gasteiger partial charge in [-0.1, -0.05) is 0 Å². The molecule has 0 aromatic rings. The smallest absolute Gasteiger partial charge is 0.342 e. The fraction of sp³-hybridized carbons (Fsp3) is 0.167. The van der Waals surface area contributed by atoms with E-state index in [-0.39, 0.29) is 12.0 Å². The van der Waals surface area contributed by atoms with Crippen molar-refractivity contribution >= 4 is 17.9 Å². The van der Waals surface area contributed by atoms with E-state index in [1.165, 1.54) is 0 Å². The van der Waals surface area contributed by atoms with E-state index in [4.69, 9.17) is 5.11 Å². The third-order valence-corrected chi connectivity index (χ3v) is 1.10. The van der Waals surface area contributed by atoms with Crippen LogP contribution in [0.4, 0.5) is 0 Å². The molecule has 0 atom stereocenters. The van der Waals surface area contributed by atoms with Crippen LogP contribution in [0, 0.1) is 0 Å². The summed E-state index contributed by atoms with van der Waals surface area (Å²) in [5, 5.41) is 8.18. The molecule has 0 saturated carbocycles. The Morgan fingerprint density at radius 1 is 1.55 bits per heavy atom. The second kappa shape index (κ2) is 2.53. The lowest BCUT2D eigenvalue weighted by atomic mass is 10.2. The van der Waals surface area contributed by atoms with Crippen LogP contribution >= 0.6 is 0 Å². The first-order chi connectivity index (χ1) is 5.09. The summed E-state index contributed by atoms with van der Waals surface area (Å²) in [5.74, 6) is -2.83. The van der Waals surface area contributed by atoms with Gasteiger partial charge in [0.1, 0.15) is 0 Å². The van der Waals surface area contributed by atoms with Crippen LogP contribution in [0.3, 0.4) is 0 Å². The highest BCUT2D eigenvalue weighted by molar-refractivity contribution is 6.08. The molecule has 0 unspecified atom stereocenters. The molecule has 0 radical (unpaired) electrons. The zero-order valence-corrected chi connectivity index (χ0v) is 5.36. The molecule has 1 fully saturated rings. The Balaban J connectivity index is 2.83. The minimum Gasteiger partial charge on any atom is -0.478 e. The standard InChI is InChI=1S/C6H4O5/c7-4(8)1-3-2-5(9)11-6(3)10/h1H,2H2,(H,7,8)/b3-1-. The molecule has 0 bridgehead atoms. The molecule has 1 saturated heterocycles. The fourth-order valence-corrected chi connectivity index (χ4v) is 0.692. The predicted molar refractivity (Wildman–Crippen MR) is 31.4 cm³/mol. The van der Waals surface area contributed by atoms with E-state index < -0.39 is 17.9 Å². The summed E-state index contributed by atoms with van der Waals surface area (Å²) in [6.07, 6.45) is 0.429. The number of hydrogen-bond acceptors (Lipinski definition) is 4. The molecule has 58 valence electrons. The molecule has 1 heterocycles. The second-order valence-electron chi connectivity index (χ2n) is 1.95. The topological polar surface area (TPSA) is 80.7 Å². The van der Waals surface area contributed by atoms with Crippen molar-refractivity contribution in [2.75, 3.05) is 0 Å². The second-order valence-corrected chi connectivity index (χ2v) is 1.95. The van der Waals surface area contributed by atoms with Gasteiger partial charge in [0.15, 0.2) is 0 Å². The monoisotopic (exact) mass is 156 g/mol. The maximum absolute atomic E-state index is 10.5. The van der Waals surface area contributed by atoms with E-state index in [1.807, 2.05) is 0 Å². The minimum absolute atomic E-state index is 0.109. The lowest BCUT2D eigenvalue weighted by Gasteiger charge is -1.84. The molecule has 1 aliphatic heterocycles. The molecule has 1 N–H and O–H groups in total. The molecule has 0 amide bonds. The first-order valence-corrected chi connectivity index (χ1v) is 2.78. The Kier molecular flexibility index (Phi) is 1.72. The highest BCUT2D eigenvalue weighted by Crippen LogP contribution is 2.13. The van der Waals surface area contributed by atoms with E-state index in [1.54, 1.807) is 0 Å². The summed E-state index contributed by atoms with van der Waals surface area (Å²) in [4.78, 5) is 30.9. The minimum atomic E-state index is -1.26. The molecule has 5 heteroatoms. The summed E-state index contributed by atoms with van der Waals surface area (Å²) >= 11 is 0. The number of carbonyl (C=O) groups excluding carboxylic acids is 2. The van der Waals surface area contributed by atoms with Crippen LogP contribution in [0.2, 0.25) is 0 Å². The summed E-state index contributed by atoms with van der Waals surface area (Å²) in [6, 6.07) is 0. The molecule has 0 aliphatic carbocycles. The summed E-state index contributed by atoms with van der Waals surface area (Å²) in [7, 11) is 0. The lowest BCUT2D eigenvalue weighted by molar-refractivity contribution is -0.151. The van der Waals surface area contributed by atoms with Crippen LogP contribution in [0.1, 0.15) is 6.42 Å².